The minimum atomic E-state index is -1.03. The lowest BCUT2D eigenvalue weighted by Gasteiger charge is -2.06. The van der Waals surface area contributed by atoms with E-state index in [2.05, 4.69) is 0 Å². The molecule has 2 aromatic rings. The first kappa shape index (κ1) is 13.2. The van der Waals surface area contributed by atoms with Gasteiger partial charge in [-0.1, -0.05) is 30.4 Å². The molecule has 98 valence electrons. The van der Waals surface area contributed by atoms with E-state index in [0.717, 1.165) is 16.3 Å². The van der Waals surface area contributed by atoms with E-state index in [1.807, 2.05) is 4.98 Å². The van der Waals surface area contributed by atoms with Gasteiger partial charge < -0.3 is 5.73 Å². The summed E-state index contributed by atoms with van der Waals surface area (Å²) in [4.78, 5) is 24.5. The fourth-order valence-corrected chi connectivity index (χ4v) is 1.75. The average molecular weight is 279 g/mol. The van der Waals surface area contributed by atoms with Gasteiger partial charge in [0.1, 0.15) is 4.99 Å². The Balaban J connectivity index is 2.39. The molecule has 0 saturated heterocycles. The van der Waals surface area contributed by atoms with Gasteiger partial charge in [0.25, 0.3) is 5.56 Å². The average Bonchev–Trinajstić information content (AvgIpc) is 2.36. The van der Waals surface area contributed by atoms with Crippen molar-refractivity contribution in [1.82, 2.24) is 9.55 Å². The van der Waals surface area contributed by atoms with E-state index >= 15 is 0 Å². The molecule has 1 aromatic heterocycles. The van der Waals surface area contributed by atoms with Gasteiger partial charge in [0.05, 0.1) is 12.7 Å². The van der Waals surface area contributed by atoms with Crippen molar-refractivity contribution in [2.45, 2.75) is 6.54 Å². The van der Waals surface area contributed by atoms with Gasteiger partial charge in [-0.3, -0.25) is 14.3 Å². The van der Waals surface area contributed by atoms with Gasteiger partial charge in [-0.2, -0.15) is 4.39 Å². The molecule has 0 aliphatic rings. The van der Waals surface area contributed by atoms with E-state index in [9.17, 15) is 14.0 Å². The lowest BCUT2D eigenvalue weighted by atomic mass is 10.1. The predicted molar refractivity (Wildman–Crippen MR) is 72.7 cm³/mol. The van der Waals surface area contributed by atoms with Crippen molar-refractivity contribution in [2.75, 3.05) is 0 Å². The van der Waals surface area contributed by atoms with Crippen LogP contribution in [0.2, 0.25) is 0 Å². The zero-order chi connectivity index (χ0) is 14.0. The summed E-state index contributed by atoms with van der Waals surface area (Å²) in [5.41, 5.74) is 5.18. The van der Waals surface area contributed by atoms with Crippen LogP contribution < -0.4 is 17.0 Å². The Labute approximate surface area is 112 Å². The molecular formula is C12H10FN3O2S. The quantitative estimate of drug-likeness (QED) is 0.795. The molecule has 0 atom stereocenters. The summed E-state index contributed by atoms with van der Waals surface area (Å²) in [7, 11) is 0. The largest absolute Gasteiger partial charge is 0.389 e. The molecule has 3 N–H and O–H groups in total. The van der Waals surface area contributed by atoms with E-state index in [1.54, 1.807) is 24.3 Å². The fraction of sp³-hybridized carbons (Fsp3) is 0.0833. The predicted octanol–water partition coefficient (Wildman–Crippen LogP) is 0.358. The molecule has 7 heteroatoms. The summed E-state index contributed by atoms with van der Waals surface area (Å²) >= 11 is 4.85. The summed E-state index contributed by atoms with van der Waals surface area (Å²) in [5.74, 6) is -1.01. The molecule has 19 heavy (non-hydrogen) atoms. The third-order valence-electron chi connectivity index (χ3n) is 2.53. The molecule has 1 heterocycles. The van der Waals surface area contributed by atoms with Crippen molar-refractivity contribution in [3.05, 3.63) is 68.2 Å². The van der Waals surface area contributed by atoms with Crippen LogP contribution in [0, 0.1) is 5.82 Å². The van der Waals surface area contributed by atoms with Crippen LogP contribution in [0.15, 0.2) is 40.1 Å². The number of nitrogens with zero attached hydrogens (tertiary/aromatic N) is 1. The minimum Gasteiger partial charge on any atom is -0.389 e. The number of nitrogens with two attached hydrogens (primary N) is 1. The number of halogens is 1. The number of benzene rings is 1. The second kappa shape index (κ2) is 5.15. The van der Waals surface area contributed by atoms with Crippen LogP contribution in [0.25, 0.3) is 0 Å². The highest BCUT2D eigenvalue weighted by atomic mass is 32.1. The summed E-state index contributed by atoms with van der Waals surface area (Å²) in [6.45, 7) is 0.114. The summed E-state index contributed by atoms with van der Waals surface area (Å²) in [5, 5.41) is 0. The van der Waals surface area contributed by atoms with Crippen LogP contribution in [0.5, 0.6) is 0 Å². The van der Waals surface area contributed by atoms with Crippen molar-refractivity contribution < 1.29 is 4.39 Å². The highest BCUT2D eigenvalue weighted by molar-refractivity contribution is 7.80. The Kier molecular flexibility index (Phi) is 3.57. The Hall–Kier alpha value is -2.28. The Morgan fingerprint density at radius 3 is 2.84 bits per heavy atom. The standard InChI is InChI=1S/C12H10FN3O2S/c13-9-6-16(12(18)15-11(9)17)5-7-2-1-3-8(4-7)10(14)19/h1-4,6H,5H2,(H2,14,19)(H,15,17,18). The smallest absolute Gasteiger partial charge is 0.328 e. The zero-order valence-electron chi connectivity index (χ0n) is 9.72. The van der Waals surface area contributed by atoms with Gasteiger partial charge >= 0.3 is 5.69 Å². The maximum atomic E-state index is 13.1. The number of H-pyrrole nitrogens is 1. The van der Waals surface area contributed by atoms with E-state index < -0.39 is 17.1 Å². The Morgan fingerprint density at radius 1 is 1.42 bits per heavy atom. The number of aromatic nitrogens is 2. The summed E-state index contributed by atoms with van der Waals surface area (Å²) in [6.07, 6.45) is 0.870. The van der Waals surface area contributed by atoms with Crippen LogP contribution in [-0.4, -0.2) is 14.5 Å². The number of thiocarbonyl (C=S) groups is 1. The molecule has 0 radical (unpaired) electrons. The van der Waals surface area contributed by atoms with Gasteiger partial charge in [-0.15, -0.1) is 0 Å². The molecular weight excluding hydrogens is 269 g/mol. The molecule has 0 saturated carbocycles. The topological polar surface area (TPSA) is 80.9 Å². The zero-order valence-corrected chi connectivity index (χ0v) is 10.5. The molecule has 0 aliphatic heterocycles. The maximum Gasteiger partial charge on any atom is 0.328 e. The van der Waals surface area contributed by atoms with Gasteiger partial charge in [0, 0.05) is 5.56 Å². The van der Waals surface area contributed by atoms with Crippen LogP contribution in [0.1, 0.15) is 11.1 Å². The first-order valence-electron chi connectivity index (χ1n) is 5.35. The SMILES string of the molecule is NC(=S)c1cccc(Cn2cc(F)c(=O)[nH]c2=O)c1. The molecule has 0 unspecified atom stereocenters. The first-order chi connectivity index (χ1) is 8.97. The van der Waals surface area contributed by atoms with Gasteiger partial charge in [0.15, 0.2) is 0 Å². The minimum absolute atomic E-state index is 0.114. The third-order valence-corrected chi connectivity index (χ3v) is 2.77. The van der Waals surface area contributed by atoms with Crippen molar-refractivity contribution in [1.29, 1.82) is 0 Å². The normalized spacial score (nSPS) is 10.4. The number of nitrogens with one attached hydrogen (secondary N) is 1. The maximum absolute atomic E-state index is 13.1. The van der Waals surface area contributed by atoms with Crippen molar-refractivity contribution in [2.24, 2.45) is 5.73 Å². The van der Waals surface area contributed by atoms with Crippen LogP contribution in [0.3, 0.4) is 0 Å². The lowest BCUT2D eigenvalue weighted by Crippen LogP contribution is -2.31. The first-order valence-corrected chi connectivity index (χ1v) is 5.76. The van der Waals surface area contributed by atoms with Gasteiger partial charge in [-0.25, -0.2) is 4.79 Å². The second-order valence-electron chi connectivity index (χ2n) is 3.93. The molecule has 0 spiro atoms. The molecule has 5 nitrogen and oxygen atoms in total. The van der Waals surface area contributed by atoms with Crippen molar-refractivity contribution in [3.63, 3.8) is 0 Å². The highest BCUT2D eigenvalue weighted by Crippen LogP contribution is 2.06. The van der Waals surface area contributed by atoms with E-state index in [1.165, 1.54) is 0 Å². The van der Waals surface area contributed by atoms with Gasteiger partial charge in [-0.05, 0) is 11.6 Å². The van der Waals surface area contributed by atoms with E-state index in [-0.39, 0.29) is 11.5 Å². The van der Waals surface area contributed by atoms with Crippen LogP contribution in [-0.2, 0) is 6.54 Å². The van der Waals surface area contributed by atoms with Crippen molar-refractivity contribution >= 4 is 17.2 Å². The number of rotatable bonds is 3. The molecule has 0 bridgehead atoms. The van der Waals surface area contributed by atoms with E-state index in [4.69, 9.17) is 18.0 Å². The van der Waals surface area contributed by atoms with E-state index in [0.29, 0.717) is 5.56 Å². The second-order valence-corrected chi connectivity index (χ2v) is 4.37. The highest BCUT2D eigenvalue weighted by Gasteiger charge is 2.05. The summed E-state index contributed by atoms with van der Waals surface area (Å²) in [6, 6.07) is 6.92. The fourth-order valence-electron chi connectivity index (χ4n) is 1.62. The Bertz CT molecular complexity index is 751. The number of hydrogen-bond donors (Lipinski definition) is 2. The molecule has 2 rings (SSSR count). The lowest BCUT2D eigenvalue weighted by molar-refractivity contribution is 0.566. The monoisotopic (exact) mass is 279 g/mol. The van der Waals surface area contributed by atoms with Crippen LogP contribution >= 0.6 is 12.2 Å². The number of hydrogen-bond acceptors (Lipinski definition) is 3. The molecule has 0 amide bonds. The van der Waals surface area contributed by atoms with Crippen molar-refractivity contribution in [3.8, 4) is 0 Å². The molecule has 1 aromatic carbocycles. The third kappa shape index (κ3) is 2.94. The number of aromatic amines is 1. The molecule has 0 fully saturated rings. The Morgan fingerprint density at radius 2 is 2.16 bits per heavy atom. The van der Waals surface area contributed by atoms with Gasteiger partial charge in [0.2, 0.25) is 5.82 Å². The summed E-state index contributed by atoms with van der Waals surface area (Å²) < 4.78 is 14.2. The molecule has 0 aliphatic carbocycles. The van der Waals surface area contributed by atoms with Crippen LogP contribution in [0.4, 0.5) is 4.39 Å².